The summed E-state index contributed by atoms with van der Waals surface area (Å²) in [4.78, 5) is 0. The topological polar surface area (TPSA) is 71.0 Å². The summed E-state index contributed by atoms with van der Waals surface area (Å²) < 4.78 is 11.1. The Bertz CT molecular complexity index is 192. The third-order valence-electron chi connectivity index (χ3n) is 3.01. The molecule has 19 heavy (non-hydrogen) atoms. The first-order chi connectivity index (χ1) is 9.10. The average Bonchev–Trinajstić information content (AvgIpc) is 2.41. The Kier molecular flexibility index (Phi) is 12.7. The van der Waals surface area contributed by atoms with Gasteiger partial charge in [-0.2, -0.15) is 0 Å². The number of hydrogen-bond donors (Lipinski definition) is 3. The minimum Gasteiger partial charge on any atom is -0.395 e. The molecular formula is C14H31NO4. The fourth-order valence-corrected chi connectivity index (χ4v) is 1.41. The molecular weight excluding hydrogens is 246 g/mol. The van der Waals surface area contributed by atoms with E-state index in [2.05, 4.69) is 19.2 Å². The lowest BCUT2D eigenvalue weighted by Gasteiger charge is -2.17. The van der Waals surface area contributed by atoms with Gasteiger partial charge < -0.3 is 25.0 Å². The summed E-state index contributed by atoms with van der Waals surface area (Å²) in [6.45, 7) is 9.12. The maximum Gasteiger partial charge on any atom is 0.0897 e. The van der Waals surface area contributed by atoms with E-state index in [1.165, 1.54) is 0 Å². The zero-order chi connectivity index (χ0) is 14.5. The standard InChI is InChI=1S/C14H31NO4/c1-4-12(2)10-19-13(3)5-8-18-11-14(17)9-15-6-7-16/h12-17H,4-11H2,1-3H3. The molecule has 3 unspecified atom stereocenters. The van der Waals surface area contributed by atoms with Crippen LogP contribution in [0.4, 0.5) is 0 Å². The monoisotopic (exact) mass is 277 g/mol. The van der Waals surface area contributed by atoms with E-state index in [9.17, 15) is 5.11 Å². The molecule has 0 amide bonds. The first-order valence-electron chi connectivity index (χ1n) is 7.29. The predicted octanol–water partition coefficient (Wildman–Crippen LogP) is 0.787. The van der Waals surface area contributed by atoms with Gasteiger partial charge in [0, 0.05) is 26.3 Å². The van der Waals surface area contributed by atoms with Crippen molar-refractivity contribution >= 4 is 0 Å². The second kappa shape index (κ2) is 12.8. The van der Waals surface area contributed by atoms with Crippen LogP contribution in [0.15, 0.2) is 0 Å². The molecule has 0 saturated heterocycles. The third kappa shape index (κ3) is 12.6. The number of nitrogens with one attached hydrogen (secondary N) is 1. The maximum absolute atomic E-state index is 9.55. The molecule has 5 nitrogen and oxygen atoms in total. The minimum absolute atomic E-state index is 0.0820. The first-order valence-corrected chi connectivity index (χ1v) is 7.29. The molecule has 0 rings (SSSR count). The zero-order valence-electron chi connectivity index (χ0n) is 12.6. The molecule has 0 aromatic rings. The highest BCUT2D eigenvalue weighted by atomic mass is 16.5. The van der Waals surface area contributed by atoms with Crippen LogP contribution < -0.4 is 5.32 Å². The Morgan fingerprint density at radius 2 is 1.95 bits per heavy atom. The summed E-state index contributed by atoms with van der Waals surface area (Å²) in [6, 6.07) is 0. The van der Waals surface area contributed by atoms with Gasteiger partial charge in [-0.3, -0.25) is 0 Å². The summed E-state index contributed by atoms with van der Waals surface area (Å²) in [5.74, 6) is 0.600. The van der Waals surface area contributed by atoms with Crippen LogP contribution in [0.5, 0.6) is 0 Å². The van der Waals surface area contributed by atoms with E-state index in [0.717, 1.165) is 19.4 Å². The number of aliphatic hydroxyl groups is 2. The van der Waals surface area contributed by atoms with Gasteiger partial charge >= 0.3 is 0 Å². The number of ether oxygens (including phenoxy) is 2. The summed E-state index contributed by atoms with van der Waals surface area (Å²) in [7, 11) is 0. The molecule has 116 valence electrons. The van der Waals surface area contributed by atoms with Crippen molar-refractivity contribution in [1.82, 2.24) is 5.32 Å². The second-order valence-corrected chi connectivity index (χ2v) is 5.10. The summed E-state index contributed by atoms with van der Waals surface area (Å²) >= 11 is 0. The SMILES string of the molecule is CCC(C)COC(C)CCOCC(O)CNCCO. The zero-order valence-corrected chi connectivity index (χ0v) is 12.6. The molecule has 0 aliphatic heterocycles. The van der Waals surface area contributed by atoms with Crippen molar-refractivity contribution in [3.05, 3.63) is 0 Å². The summed E-state index contributed by atoms with van der Waals surface area (Å²) in [6.07, 6.45) is 1.64. The third-order valence-corrected chi connectivity index (χ3v) is 3.01. The highest BCUT2D eigenvalue weighted by Gasteiger charge is 2.07. The molecule has 0 aromatic carbocycles. The molecule has 0 aromatic heterocycles. The van der Waals surface area contributed by atoms with Crippen molar-refractivity contribution in [3.8, 4) is 0 Å². The second-order valence-electron chi connectivity index (χ2n) is 5.10. The molecule has 0 saturated carbocycles. The largest absolute Gasteiger partial charge is 0.395 e. The lowest BCUT2D eigenvalue weighted by molar-refractivity contribution is -0.00318. The van der Waals surface area contributed by atoms with E-state index < -0.39 is 6.10 Å². The van der Waals surface area contributed by atoms with Gasteiger partial charge in [0.05, 0.1) is 25.4 Å². The molecule has 0 spiro atoms. The van der Waals surface area contributed by atoms with Gasteiger partial charge in [-0.25, -0.2) is 0 Å². The first kappa shape index (κ1) is 18.8. The van der Waals surface area contributed by atoms with E-state index in [1.54, 1.807) is 0 Å². The fourth-order valence-electron chi connectivity index (χ4n) is 1.41. The van der Waals surface area contributed by atoms with Crippen molar-refractivity contribution in [2.75, 3.05) is 39.5 Å². The number of rotatable bonds is 13. The predicted molar refractivity (Wildman–Crippen MR) is 76.3 cm³/mol. The van der Waals surface area contributed by atoms with Crippen LogP contribution in [0.1, 0.15) is 33.6 Å². The van der Waals surface area contributed by atoms with Crippen LogP contribution in [-0.4, -0.2) is 61.9 Å². The summed E-state index contributed by atoms with van der Waals surface area (Å²) in [5.41, 5.74) is 0. The van der Waals surface area contributed by atoms with Crippen LogP contribution >= 0.6 is 0 Å². The molecule has 3 atom stereocenters. The van der Waals surface area contributed by atoms with Crippen molar-refractivity contribution in [2.24, 2.45) is 5.92 Å². The van der Waals surface area contributed by atoms with Crippen molar-refractivity contribution in [1.29, 1.82) is 0 Å². The van der Waals surface area contributed by atoms with Crippen molar-refractivity contribution in [2.45, 2.75) is 45.8 Å². The Labute approximate surface area is 117 Å². The number of aliphatic hydroxyl groups excluding tert-OH is 2. The Balaban J connectivity index is 3.37. The van der Waals surface area contributed by atoms with E-state index in [0.29, 0.717) is 32.2 Å². The van der Waals surface area contributed by atoms with Gasteiger partial charge in [-0.1, -0.05) is 20.3 Å². The molecule has 0 aliphatic rings. The average molecular weight is 277 g/mol. The molecule has 0 radical (unpaired) electrons. The van der Waals surface area contributed by atoms with Gasteiger partial charge in [0.1, 0.15) is 0 Å². The Hall–Kier alpha value is -0.200. The highest BCUT2D eigenvalue weighted by molar-refractivity contribution is 4.58. The van der Waals surface area contributed by atoms with Gasteiger partial charge in [0.25, 0.3) is 0 Å². The van der Waals surface area contributed by atoms with Crippen LogP contribution in [0, 0.1) is 5.92 Å². The van der Waals surface area contributed by atoms with Gasteiger partial charge in [-0.05, 0) is 19.3 Å². The van der Waals surface area contributed by atoms with Gasteiger partial charge in [0.2, 0.25) is 0 Å². The van der Waals surface area contributed by atoms with Crippen LogP contribution in [0.3, 0.4) is 0 Å². The van der Waals surface area contributed by atoms with E-state index >= 15 is 0 Å². The van der Waals surface area contributed by atoms with Crippen LogP contribution in [-0.2, 0) is 9.47 Å². The van der Waals surface area contributed by atoms with Crippen LogP contribution in [0.25, 0.3) is 0 Å². The van der Waals surface area contributed by atoms with E-state index in [-0.39, 0.29) is 12.7 Å². The molecule has 3 N–H and O–H groups in total. The Morgan fingerprint density at radius 1 is 1.21 bits per heavy atom. The maximum atomic E-state index is 9.55. The molecule has 0 heterocycles. The van der Waals surface area contributed by atoms with Crippen molar-refractivity contribution < 1.29 is 19.7 Å². The van der Waals surface area contributed by atoms with Gasteiger partial charge in [0.15, 0.2) is 0 Å². The quantitative estimate of drug-likeness (QED) is 0.434. The van der Waals surface area contributed by atoms with Crippen molar-refractivity contribution in [3.63, 3.8) is 0 Å². The lowest BCUT2D eigenvalue weighted by atomic mass is 10.1. The molecule has 0 aliphatic carbocycles. The molecule has 0 bridgehead atoms. The van der Waals surface area contributed by atoms with E-state index in [4.69, 9.17) is 14.6 Å². The molecule has 5 heteroatoms. The fraction of sp³-hybridized carbons (Fsp3) is 1.00. The normalized spacial score (nSPS) is 16.3. The molecule has 0 fully saturated rings. The summed E-state index contributed by atoms with van der Waals surface area (Å²) in [5, 5.41) is 21.0. The van der Waals surface area contributed by atoms with E-state index in [1.807, 2.05) is 6.92 Å². The minimum atomic E-state index is -0.525. The lowest BCUT2D eigenvalue weighted by Crippen LogP contribution is -2.32. The highest BCUT2D eigenvalue weighted by Crippen LogP contribution is 2.05. The Morgan fingerprint density at radius 3 is 2.58 bits per heavy atom. The van der Waals surface area contributed by atoms with Crippen LogP contribution in [0.2, 0.25) is 0 Å². The number of hydrogen-bond acceptors (Lipinski definition) is 5. The smallest absolute Gasteiger partial charge is 0.0897 e. The van der Waals surface area contributed by atoms with Gasteiger partial charge in [-0.15, -0.1) is 0 Å².